The van der Waals surface area contributed by atoms with Crippen LogP contribution in [-0.4, -0.2) is 33.2 Å². The molecule has 0 radical (unpaired) electrons. The first-order chi connectivity index (χ1) is 11.5. The minimum atomic E-state index is -0.597. The molecule has 0 heterocycles. The molecule has 2 rings (SSSR count). The number of carbonyl (C=O) groups is 2. The van der Waals surface area contributed by atoms with E-state index in [2.05, 4.69) is 21.2 Å². The third kappa shape index (κ3) is 3.86. The summed E-state index contributed by atoms with van der Waals surface area (Å²) in [7, 11) is 4.19. The zero-order chi connectivity index (χ0) is 17.7. The Labute approximate surface area is 147 Å². The molecule has 0 bridgehead atoms. The van der Waals surface area contributed by atoms with Crippen molar-refractivity contribution < 1.29 is 23.8 Å². The molecule has 6 nitrogen and oxygen atoms in total. The van der Waals surface area contributed by atoms with E-state index in [0.29, 0.717) is 17.1 Å². The smallest absolute Gasteiger partial charge is 0.340 e. The average molecular weight is 394 g/mol. The number of methoxy groups -OCH3 is 3. The van der Waals surface area contributed by atoms with E-state index in [1.807, 2.05) is 6.07 Å². The molecule has 2 aromatic carbocycles. The van der Waals surface area contributed by atoms with Gasteiger partial charge in [0.15, 0.2) is 11.5 Å². The van der Waals surface area contributed by atoms with Crippen molar-refractivity contribution >= 4 is 33.5 Å². The minimum Gasteiger partial charge on any atom is -0.493 e. The van der Waals surface area contributed by atoms with E-state index in [1.54, 1.807) is 18.2 Å². The van der Waals surface area contributed by atoms with Crippen LogP contribution in [0, 0.1) is 0 Å². The Morgan fingerprint density at radius 2 is 1.67 bits per heavy atom. The van der Waals surface area contributed by atoms with Crippen LogP contribution in [0.15, 0.2) is 40.9 Å². The molecule has 2 aromatic rings. The third-order valence-electron chi connectivity index (χ3n) is 3.26. The van der Waals surface area contributed by atoms with E-state index < -0.39 is 5.97 Å². The van der Waals surface area contributed by atoms with E-state index in [9.17, 15) is 9.59 Å². The number of amides is 1. The number of esters is 1. The Kier molecular flexibility index (Phi) is 5.81. The van der Waals surface area contributed by atoms with Gasteiger partial charge in [-0.25, -0.2) is 4.79 Å². The Hall–Kier alpha value is -2.54. The van der Waals surface area contributed by atoms with Crippen molar-refractivity contribution in [1.82, 2.24) is 0 Å². The van der Waals surface area contributed by atoms with Gasteiger partial charge < -0.3 is 19.5 Å². The summed E-state index contributed by atoms with van der Waals surface area (Å²) in [5, 5.41) is 2.70. The zero-order valence-corrected chi connectivity index (χ0v) is 15.0. The molecule has 7 heteroatoms. The van der Waals surface area contributed by atoms with E-state index in [0.717, 1.165) is 4.47 Å². The number of nitrogens with one attached hydrogen (secondary N) is 1. The van der Waals surface area contributed by atoms with Gasteiger partial charge >= 0.3 is 5.97 Å². The van der Waals surface area contributed by atoms with Crippen LogP contribution in [0.3, 0.4) is 0 Å². The van der Waals surface area contributed by atoms with Crippen molar-refractivity contribution in [3.63, 3.8) is 0 Å². The van der Waals surface area contributed by atoms with Crippen LogP contribution in [-0.2, 0) is 4.74 Å². The molecule has 0 aliphatic rings. The van der Waals surface area contributed by atoms with Gasteiger partial charge in [0.05, 0.1) is 32.6 Å². The highest BCUT2D eigenvalue weighted by atomic mass is 79.9. The lowest BCUT2D eigenvalue weighted by Crippen LogP contribution is -2.16. The Balaban J connectivity index is 2.43. The van der Waals surface area contributed by atoms with Crippen LogP contribution in [0.25, 0.3) is 0 Å². The second-order valence-electron chi connectivity index (χ2n) is 4.71. The highest BCUT2D eigenvalue weighted by Gasteiger charge is 2.19. The SMILES string of the molecule is COC(=O)c1cc(OC)c(OC)cc1NC(=O)c1cccc(Br)c1. The van der Waals surface area contributed by atoms with Gasteiger partial charge in [-0.2, -0.15) is 0 Å². The normalized spacial score (nSPS) is 10.0. The van der Waals surface area contributed by atoms with E-state index in [1.165, 1.54) is 33.5 Å². The van der Waals surface area contributed by atoms with Gasteiger partial charge in [-0.15, -0.1) is 0 Å². The lowest BCUT2D eigenvalue weighted by Gasteiger charge is -2.14. The van der Waals surface area contributed by atoms with Gasteiger partial charge in [-0.05, 0) is 18.2 Å². The first-order valence-corrected chi connectivity index (χ1v) is 7.70. The maximum Gasteiger partial charge on any atom is 0.340 e. The molecule has 126 valence electrons. The average Bonchev–Trinajstić information content (AvgIpc) is 2.60. The lowest BCUT2D eigenvalue weighted by molar-refractivity contribution is 0.0601. The first-order valence-electron chi connectivity index (χ1n) is 6.91. The van der Waals surface area contributed by atoms with Gasteiger partial charge in [-0.1, -0.05) is 22.0 Å². The topological polar surface area (TPSA) is 73.9 Å². The second kappa shape index (κ2) is 7.83. The molecular formula is C17H16BrNO5. The van der Waals surface area contributed by atoms with E-state index in [-0.39, 0.29) is 17.2 Å². The fraction of sp³-hybridized carbons (Fsp3) is 0.176. The molecule has 1 amide bonds. The van der Waals surface area contributed by atoms with Gasteiger partial charge in [0.25, 0.3) is 5.91 Å². The van der Waals surface area contributed by atoms with Gasteiger partial charge in [0.2, 0.25) is 0 Å². The summed E-state index contributed by atoms with van der Waals surface area (Å²) < 4.78 is 15.9. The van der Waals surface area contributed by atoms with Gasteiger partial charge in [0, 0.05) is 22.2 Å². The van der Waals surface area contributed by atoms with Crippen LogP contribution in [0.1, 0.15) is 20.7 Å². The maximum atomic E-state index is 12.4. The molecule has 0 saturated carbocycles. The summed E-state index contributed by atoms with van der Waals surface area (Å²) in [5.74, 6) is -0.220. The number of hydrogen-bond acceptors (Lipinski definition) is 5. The first kappa shape index (κ1) is 17.8. The fourth-order valence-corrected chi connectivity index (χ4v) is 2.48. The third-order valence-corrected chi connectivity index (χ3v) is 3.76. The molecular weight excluding hydrogens is 378 g/mol. The molecule has 0 fully saturated rings. The number of rotatable bonds is 5. The standard InChI is InChI=1S/C17H16BrNO5/c1-22-14-8-12(17(21)24-3)13(9-15(14)23-2)19-16(20)10-5-4-6-11(18)7-10/h4-9H,1-3H3,(H,19,20). The Bertz CT molecular complexity index is 776. The lowest BCUT2D eigenvalue weighted by atomic mass is 10.1. The van der Waals surface area contributed by atoms with Crippen LogP contribution in [0.4, 0.5) is 5.69 Å². The maximum absolute atomic E-state index is 12.4. The van der Waals surface area contributed by atoms with Crippen LogP contribution in [0.2, 0.25) is 0 Å². The number of benzene rings is 2. The summed E-state index contributed by atoms with van der Waals surface area (Å²) in [5.41, 5.74) is 0.873. The summed E-state index contributed by atoms with van der Waals surface area (Å²) in [6.07, 6.45) is 0. The Morgan fingerprint density at radius 3 is 2.25 bits per heavy atom. The molecule has 0 atom stereocenters. The van der Waals surface area contributed by atoms with Crippen molar-refractivity contribution in [2.24, 2.45) is 0 Å². The molecule has 0 unspecified atom stereocenters. The predicted molar refractivity (Wildman–Crippen MR) is 93.0 cm³/mol. The summed E-state index contributed by atoms with van der Waals surface area (Å²) in [6.45, 7) is 0. The molecule has 0 aliphatic carbocycles. The summed E-state index contributed by atoms with van der Waals surface area (Å²) in [4.78, 5) is 24.4. The van der Waals surface area contributed by atoms with Crippen molar-refractivity contribution in [2.45, 2.75) is 0 Å². The van der Waals surface area contributed by atoms with E-state index in [4.69, 9.17) is 14.2 Å². The van der Waals surface area contributed by atoms with Crippen molar-refractivity contribution in [1.29, 1.82) is 0 Å². The van der Waals surface area contributed by atoms with Crippen molar-refractivity contribution in [3.8, 4) is 11.5 Å². The molecule has 0 spiro atoms. The van der Waals surface area contributed by atoms with Crippen LogP contribution < -0.4 is 14.8 Å². The predicted octanol–water partition coefficient (Wildman–Crippen LogP) is 3.51. The van der Waals surface area contributed by atoms with Crippen molar-refractivity contribution in [3.05, 3.63) is 52.0 Å². The molecule has 0 aliphatic heterocycles. The molecule has 1 N–H and O–H groups in total. The number of halogens is 1. The summed E-state index contributed by atoms with van der Waals surface area (Å²) in [6, 6.07) is 9.87. The van der Waals surface area contributed by atoms with Crippen molar-refractivity contribution in [2.75, 3.05) is 26.6 Å². The molecule has 0 aromatic heterocycles. The highest BCUT2D eigenvalue weighted by Crippen LogP contribution is 2.34. The summed E-state index contributed by atoms with van der Waals surface area (Å²) >= 11 is 3.32. The number of carbonyl (C=O) groups excluding carboxylic acids is 2. The Morgan fingerprint density at radius 1 is 1.00 bits per heavy atom. The molecule has 24 heavy (non-hydrogen) atoms. The molecule has 0 saturated heterocycles. The largest absolute Gasteiger partial charge is 0.493 e. The second-order valence-corrected chi connectivity index (χ2v) is 5.62. The van der Waals surface area contributed by atoms with E-state index >= 15 is 0 Å². The fourth-order valence-electron chi connectivity index (χ4n) is 2.09. The number of ether oxygens (including phenoxy) is 3. The zero-order valence-electron chi connectivity index (χ0n) is 13.4. The highest BCUT2D eigenvalue weighted by molar-refractivity contribution is 9.10. The van der Waals surface area contributed by atoms with Crippen LogP contribution >= 0.6 is 15.9 Å². The van der Waals surface area contributed by atoms with Crippen LogP contribution in [0.5, 0.6) is 11.5 Å². The van der Waals surface area contributed by atoms with Gasteiger partial charge in [0.1, 0.15) is 0 Å². The quantitative estimate of drug-likeness (QED) is 0.786. The number of anilines is 1. The minimum absolute atomic E-state index is 0.165. The van der Waals surface area contributed by atoms with Gasteiger partial charge in [-0.3, -0.25) is 4.79 Å². The monoisotopic (exact) mass is 393 g/mol. The number of hydrogen-bond donors (Lipinski definition) is 1.